The standard InChI is InChI=1S/C17H22N2O3/c1-12-3-4-13(2)15(9-12)19-11-14(10-16(19)20)17(21)18-5-7-22-8-6-18/h3-4,9,14H,5-8,10-11H2,1-2H3. The third-order valence-electron chi connectivity index (χ3n) is 4.45. The van der Waals surface area contributed by atoms with Crippen LogP contribution in [-0.4, -0.2) is 49.6 Å². The van der Waals surface area contributed by atoms with E-state index in [1.54, 1.807) is 4.90 Å². The van der Waals surface area contributed by atoms with Gasteiger partial charge in [0.05, 0.1) is 19.1 Å². The summed E-state index contributed by atoms with van der Waals surface area (Å²) >= 11 is 0. The molecule has 2 saturated heterocycles. The number of carbonyl (C=O) groups excluding carboxylic acids is 2. The molecule has 5 nitrogen and oxygen atoms in total. The molecule has 118 valence electrons. The van der Waals surface area contributed by atoms with Gasteiger partial charge in [0.15, 0.2) is 0 Å². The molecule has 2 aliphatic rings. The van der Waals surface area contributed by atoms with Gasteiger partial charge in [-0.2, -0.15) is 0 Å². The Morgan fingerprint density at radius 2 is 1.95 bits per heavy atom. The van der Waals surface area contributed by atoms with Gasteiger partial charge in [-0.25, -0.2) is 0 Å². The fraction of sp³-hybridized carbons (Fsp3) is 0.529. The molecule has 0 radical (unpaired) electrons. The lowest BCUT2D eigenvalue weighted by Gasteiger charge is -2.29. The quantitative estimate of drug-likeness (QED) is 0.832. The summed E-state index contributed by atoms with van der Waals surface area (Å²) in [7, 11) is 0. The van der Waals surface area contributed by atoms with Crippen molar-refractivity contribution >= 4 is 17.5 Å². The molecule has 22 heavy (non-hydrogen) atoms. The van der Waals surface area contributed by atoms with E-state index < -0.39 is 0 Å². The van der Waals surface area contributed by atoms with Gasteiger partial charge in [0, 0.05) is 31.7 Å². The van der Waals surface area contributed by atoms with Gasteiger partial charge in [-0.1, -0.05) is 12.1 Å². The van der Waals surface area contributed by atoms with E-state index in [9.17, 15) is 9.59 Å². The van der Waals surface area contributed by atoms with Gasteiger partial charge in [-0.15, -0.1) is 0 Å². The number of morpholine rings is 1. The monoisotopic (exact) mass is 302 g/mol. The molecule has 2 heterocycles. The van der Waals surface area contributed by atoms with Crippen molar-refractivity contribution in [3.8, 4) is 0 Å². The van der Waals surface area contributed by atoms with Gasteiger partial charge < -0.3 is 14.5 Å². The molecule has 1 aromatic carbocycles. The van der Waals surface area contributed by atoms with Crippen LogP contribution in [-0.2, 0) is 14.3 Å². The molecule has 2 fully saturated rings. The van der Waals surface area contributed by atoms with Crippen LogP contribution in [0, 0.1) is 19.8 Å². The number of rotatable bonds is 2. The van der Waals surface area contributed by atoms with Crippen LogP contribution in [0.4, 0.5) is 5.69 Å². The molecule has 2 aliphatic heterocycles. The number of aryl methyl sites for hydroxylation is 2. The predicted molar refractivity (Wildman–Crippen MR) is 83.8 cm³/mol. The molecule has 1 atom stereocenters. The average molecular weight is 302 g/mol. The number of benzene rings is 1. The van der Waals surface area contributed by atoms with E-state index in [1.807, 2.05) is 36.9 Å². The number of nitrogens with zero attached hydrogens (tertiary/aromatic N) is 2. The van der Waals surface area contributed by atoms with Gasteiger partial charge in [0.25, 0.3) is 0 Å². The SMILES string of the molecule is Cc1ccc(C)c(N2CC(C(=O)N3CCOCC3)CC2=O)c1. The maximum absolute atomic E-state index is 12.6. The summed E-state index contributed by atoms with van der Waals surface area (Å²) < 4.78 is 5.28. The maximum atomic E-state index is 12.6. The highest BCUT2D eigenvalue weighted by Crippen LogP contribution is 2.29. The number of carbonyl (C=O) groups is 2. The molecular weight excluding hydrogens is 280 g/mol. The highest BCUT2D eigenvalue weighted by atomic mass is 16.5. The molecule has 1 unspecified atom stereocenters. The normalized spacial score (nSPS) is 22.3. The lowest BCUT2D eigenvalue weighted by atomic mass is 10.1. The van der Waals surface area contributed by atoms with Crippen molar-refractivity contribution in [1.29, 1.82) is 0 Å². The summed E-state index contributed by atoms with van der Waals surface area (Å²) in [4.78, 5) is 28.5. The molecule has 0 N–H and O–H groups in total. The van der Waals surface area contributed by atoms with Crippen molar-refractivity contribution in [2.75, 3.05) is 37.7 Å². The third kappa shape index (κ3) is 2.86. The molecule has 2 amide bonds. The molecule has 5 heteroatoms. The van der Waals surface area contributed by atoms with E-state index in [2.05, 4.69) is 0 Å². The Labute approximate surface area is 130 Å². The van der Waals surface area contributed by atoms with E-state index >= 15 is 0 Å². The Hall–Kier alpha value is -1.88. The van der Waals surface area contributed by atoms with Crippen molar-refractivity contribution in [3.63, 3.8) is 0 Å². The molecule has 0 aliphatic carbocycles. The number of hydrogen-bond donors (Lipinski definition) is 0. The summed E-state index contributed by atoms with van der Waals surface area (Å²) in [5.74, 6) is -0.102. The van der Waals surface area contributed by atoms with Crippen molar-refractivity contribution in [2.45, 2.75) is 20.3 Å². The largest absolute Gasteiger partial charge is 0.378 e. The van der Waals surface area contributed by atoms with E-state index in [4.69, 9.17) is 4.74 Å². The van der Waals surface area contributed by atoms with Crippen LogP contribution in [0.1, 0.15) is 17.5 Å². The lowest BCUT2D eigenvalue weighted by Crippen LogP contribution is -2.44. The van der Waals surface area contributed by atoms with Crippen LogP contribution >= 0.6 is 0 Å². The first-order valence-corrected chi connectivity index (χ1v) is 7.80. The third-order valence-corrected chi connectivity index (χ3v) is 4.45. The Morgan fingerprint density at radius 3 is 2.68 bits per heavy atom. The second kappa shape index (κ2) is 6.08. The summed E-state index contributed by atoms with van der Waals surface area (Å²) in [6, 6.07) is 6.08. The zero-order valence-electron chi connectivity index (χ0n) is 13.2. The van der Waals surface area contributed by atoms with Gasteiger partial charge in [-0.3, -0.25) is 9.59 Å². The lowest BCUT2D eigenvalue weighted by molar-refractivity contribution is -0.139. The first-order valence-electron chi connectivity index (χ1n) is 7.80. The second-order valence-corrected chi connectivity index (χ2v) is 6.13. The Kier molecular flexibility index (Phi) is 4.16. The van der Waals surface area contributed by atoms with Gasteiger partial charge in [0.2, 0.25) is 11.8 Å². The molecule has 0 spiro atoms. The highest BCUT2D eigenvalue weighted by Gasteiger charge is 2.37. The van der Waals surface area contributed by atoms with Crippen LogP contribution in [0.25, 0.3) is 0 Å². The Balaban J connectivity index is 1.75. The first-order chi connectivity index (χ1) is 10.6. The fourth-order valence-electron chi connectivity index (χ4n) is 3.16. The Bertz CT molecular complexity index is 594. The highest BCUT2D eigenvalue weighted by molar-refractivity contribution is 6.00. The van der Waals surface area contributed by atoms with Crippen LogP contribution in [0.2, 0.25) is 0 Å². The molecule has 3 rings (SSSR count). The van der Waals surface area contributed by atoms with E-state index in [1.165, 1.54) is 0 Å². The van der Waals surface area contributed by atoms with E-state index in [0.717, 1.165) is 16.8 Å². The van der Waals surface area contributed by atoms with Crippen molar-refractivity contribution < 1.29 is 14.3 Å². The first kappa shape index (κ1) is 15.0. The number of anilines is 1. The van der Waals surface area contributed by atoms with Crippen LogP contribution in [0.3, 0.4) is 0 Å². The second-order valence-electron chi connectivity index (χ2n) is 6.13. The minimum Gasteiger partial charge on any atom is -0.378 e. The predicted octanol–water partition coefficient (Wildman–Crippen LogP) is 1.52. The Morgan fingerprint density at radius 1 is 1.23 bits per heavy atom. The van der Waals surface area contributed by atoms with Crippen molar-refractivity contribution in [2.24, 2.45) is 5.92 Å². The minimum absolute atomic E-state index is 0.0420. The fourth-order valence-corrected chi connectivity index (χ4v) is 3.16. The zero-order chi connectivity index (χ0) is 15.7. The van der Waals surface area contributed by atoms with Gasteiger partial charge in [-0.05, 0) is 31.0 Å². The number of hydrogen-bond acceptors (Lipinski definition) is 3. The summed E-state index contributed by atoms with van der Waals surface area (Å²) in [6.07, 6.45) is 0.309. The molecule has 0 bridgehead atoms. The number of amides is 2. The van der Waals surface area contributed by atoms with Crippen molar-refractivity contribution in [1.82, 2.24) is 4.90 Å². The van der Waals surface area contributed by atoms with Crippen molar-refractivity contribution in [3.05, 3.63) is 29.3 Å². The number of ether oxygens (including phenoxy) is 1. The van der Waals surface area contributed by atoms with Crippen LogP contribution < -0.4 is 4.90 Å². The van der Waals surface area contributed by atoms with E-state index in [-0.39, 0.29) is 17.7 Å². The zero-order valence-corrected chi connectivity index (χ0v) is 13.2. The molecule has 0 saturated carbocycles. The molecular formula is C17H22N2O3. The molecule has 0 aromatic heterocycles. The van der Waals surface area contributed by atoms with Gasteiger partial charge >= 0.3 is 0 Å². The van der Waals surface area contributed by atoms with E-state index in [0.29, 0.717) is 39.3 Å². The molecule has 1 aromatic rings. The van der Waals surface area contributed by atoms with Crippen LogP contribution in [0.5, 0.6) is 0 Å². The summed E-state index contributed by atoms with van der Waals surface area (Å²) in [5, 5.41) is 0. The summed E-state index contributed by atoms with van der Waals surface area (Å²) in [6.45, 7) is 6.94. The minimum atomic E-state index is -0.231. The summed E-state index contributed by atoms with van der Waals surface area (Å²) in [5.41, 5.74) is 3.12. The average Bonchev–Trinajstić information content (AvgIpc) is 2.91. The smallest absolute Gasteiger partial charge is 0.228 e. The van der Waals surface area contributed by atoms with Crippen LogP contribution in [0.15, 0.2) is 18.2 Å². The topological polar surface area (TPSA) is 49.9 Å². The maximum Gasteiger partial charge on any atom is 0.228 e. The van der Waals surface area contributed by atoms with Gasteiger partial charge in [0.1, 0.15) is 0 Å².